The number of nitrogens with zero attached hydrogens (tertiary/aromatic N) is 3. The van der Waals surface area contributed by atoms with Crippen molar-refractivity contribution in [2.24, 2.45) is 5.92 Å². The number of carbonyl (C=O) groups is 1. The second-order valence-corrected chi connectivity index (χ2v) is 7.20. The maximum atomic E-state index is 12.3. The Morgan fingerprint density at radius 2 is 2.26 bits per heavy atom. The number of hydrogen-bond donors (Lipinski definition) is 2. The van der Waals surface area contributed by atoms with Crippen LogP contribution in [-0.2, 0) is 6.42 Å². The number of aliphatic hydroxyl groups is 1. The highest BCUT2D eigenvalue weighted by Crippen LogP contribution is 2.21. The molecule has 1 fully saturated rings. The van der Waals surface area contributed by atoms with Crippen molar-refractivity contribution < 1.29 is 14.4 Å². The lowest BCUT2D eigenvalue weighted by molar-refractivity contribution is 0.0953. The zero-order valence-corrected chi connectivity index (χ0v) is 16.1. The summed E-state index contributed by atoms with van der Waals surface area (Å²) in [6.45, 7) is 6.41. The molecule has 1 atom stereocenters. The standard InChI is InChI=1S/C20H28N4O3/c1-14-18(15(2)27-23-14)6-3-9-21-20(26)17-7-8-19(22-11-17)24-10-4-5-16(12-24)13-25/h7-8,11,16,25H,3-6,9-10,12-13H2,1-2H3,(H,21,26)/t16-/m0/s1. The van der Waals surface area contributed by atoms with Crippen molar-refractivity contribution in [2.45, 2.75) is 39.5 Å². The molecule has 1 aliphatic rings. The molecule has 3 heterocycles. The molecule has 0 bridgehead atoms. The van der Waals surface area contributed by atoms with Crippen LogP contribution in [0, 0.1) is 19.8 Å². The van der Waals surface area contributed by atoms with E-state index in [1.54, 1.807) is 6.20 Å². The smallest absolute Gasteiger partial charge is 0.252 e. The summed E-state index contributed by atoms with van der Waals surface area (Å²) in [4.78, 5) is 18.9. The molecule has 7 heteroatoms. The van der Waals surface area contributed by atoms with Gasteiger partial charge in [0.05, 0.1) is 11.3 Å². The Morgan fingerprint density at radius 1 is 1.41 bits per heavy atom. The molecular formula is C20H28N4O3. The second kappa shape index (κ2) is 8.99. The first-order valence-electron chi connectivity index (χ1n) is 9.60. The zero-order chi connectivity index (χ0) is 19.2. The number of rotatable bonds is 7. The van der Waals surface area contributed by atoms with E-state index < -0.39 is 0 Å². The molecule has 0 radical (unpaired) electrons. The van der Waals surface area contributed by atoms with Gasteiger partial charge in [-0.1, -0.05) is 5.16 Å². The van der Waals surface area contributed by atoms with Crippen LogP contribution in [0.1, 0.15) is 46.6 Å². The Balaban J connectivity index is 1.47. The summed E-state index contributed by atoms with van der Waals surface area (Å²) in [5.41, 5.74) is 2.60. The van der Waals surface area contributed by atoms with Crippen LogP contribution in [0.25, 0.3) is 0 Å². The largest absolute Gasteiger partial charge is 0.396 e. The van der Waals surface area contributed by atoms with Gasteiger partial charge in [0.15, 0.2) is 0 Å². The lowest BCUT2D eigenvalue weighted by atomic mass is 9.99. The van der Waals surface area contributed by atoms with E-state index in [0.29, 0.717) is 18.0 Å². The number of aromatic nitrogens is 2. The van der Waals surface area contributed by atoms with Gasteiger partial charge in [0.2, 0.25) is 0 Å². The summed E-state index contributed by atoms with van der Waals surface area (Å²) in [5.74, 6) is 1.91. The van der Waals surface area contributed by atoms with Gasteiger partial charge in [-0.05, 0) is 57.6 Å². The van der Waals surface area contributed by atoms with Gasteiger partial charge in [-0.2, -0.15) is 0 Å². The molecule has 0 saturated carbocycles. The van der Waals surface area contributed by atoms with E-state index in [9.17, 15) is 9.90 Å². The Morgan fingerprint density at radius 3 is 2.93 bits per heavy atom. The molecule has 0 aromatic carbocycles. The molecule has 0 aliphatic carbocycles. The molecule has 0 spiro atoms. The molecule has 1 saturated heterocycles. The monoisotopic (exact) mass is 372 g/mol. The van der Waals surface area contributed by atoms with E-state index in [0.717, 1.165) is 61.6 Å². The molecule has 2 N–H and O–H groups in total. The van der Waals surface area contributed by atoms with E-state index in [1.165, 1.54) is 0 Å². The molecule has 146 valence electrons. The van der Waals surface area contributed by atoms with E-state index in [2.05, 4.69) is 20.4 Å². The molecule has 27 heavy (non-hydrogen) atoms. The van der Waals surface area contributed by atoms with Gasteiger partial charge in [-0.25, -0.2) is 4.98 Å². The maximum Gasteiger partial charge on any atom is 0.252 e. The molecule has 3 rings (SSSR count). The summed E-state index contributed by atoms with van der Waals surface area (Å²) in [6.07, 6.45) is 5.40. The third-order valence-electron chi connectivity index (χ3n) is 5.18. The summed E-state index contributed by atoms with van der Waals surface area (Å²) in [5, 5.41) is 16.2. The molecular weight excluding hydrogens is 344 g/mol. The van der Waals surface area contributed by atoms with Crippen LogP contribution in [0.15, 0.2) is 22.9 Å². The number of piperidine rings is 1. The van der Waals surface area contributed by atoms with Crippen molar-refractivity contribution in [2.75, 3.05) is 31.1 Å². The fraction of sp³-hybridized carbons (Fsp3) is 0.550. The summed E-state index contributed by atoms with van der Waals surface area (Å²) in [7, 11) is 0. The first-order valence-corrected chi connectivity index (χ1v) is 9.60. The highest BCUT2D eigenvalue weighted by Gasteiger charge is 2.20. The third kappa shape index (κ3) is 4.86. The van der Waals surface area contributed by atoms with E-state index >= 15 is 0 Å². The van der Waals surface area contributed by atoms with Crippen LogP contribution in [-0.4, -0.2) is 47.4 Å². The summed E-state index contributed by atoms with van der Waals surface area (Å²) >= 11 is 0. The van der Waals surface area contributed by atoms with Gasteiger partial charge in [0, 0.05) is 38.0 Å². The number of amides is 1. The fourth-order valence-corrected chi connectivity index (χ4v) is 3.56. The quantitative estimate of drug-likeness (QED) is 0.725. The average Bonchev–Trinajstić information content (AvgIpc) is 3.03. The number of hydrogen-bond acceptors (Lipinski definition) is 6. The minimum absolute atomic E-state index is 0.111. The molecule has 2 aromatic heterocycles. The number of aliphatic hydroxyl groups excluding tert-OH is 1. The van der Waals surface area contributed by atoms with Crippen molar-refractivity contribution in [1.29, 1.82) is 0 Å². The van der Waals surface area contributed by atoms with Gasteiger partial charge < -0.3 is 19.8 Å². The summed E-state index contributed by atoms with van der Waals surface area (Å²) < 4.78 is 5.15. The van der Waals surface area contributed by atoms with Gasteiger partial charge >= 0.3 is 0 Å². The Hall–Kier alpha value is -2.41. The van der Waals surface area contributed by atoms with E-state index in [1.807, 2.05) is 26.0 Å². The SMILES string of the molecule is Cc1noc(C)c1CCCNC(=O)c1ccc(N2CCC[C@H](CO)C2)nc1. The molecule has 0 unspecified atom stereocenters. The van der Waals surface area contributed by atoms with Crippen molar-refractivity contribution in [3.8, 4) is 0 Å². The third-order valence-corrected chi connectivity index (χ3v) is 5.18. The highest BCUT2D eigenvalue weighted by molar-refractivity contribution is 5.94. The van der Waals surface area contributed by atoms with Crippen LogP contribution in [0.4, 0.5) is 5.82 Å². The molecule has 1 aliphatic heterocycles. The Labute approximate surface area is 159 Å². The molecule has 2 aromatic rings. The van der Waals surface area contributed by atoms with Crippen LogP contribution in [0.2, 0.25) is 0 Å². The predicted molar refractivity (Wildman–Crippen MR) is 103 cm³/mol. The average molecular weight is 372 g/mol. The van der Waals surface area contributed by atoms with Crippen LogP contribution in [0.3, 0.4) is 0 Å². The van der Waals surface area contributed by atoms with Gasteiger partial charge in [0.25, 0.3) is 5.91 Å². The number of pyridine rings is 1. The van der Waals surface area contributed by atoms with Crippen molar-refractivity contribution in [3.63, 3.8) is 0 Å². The summed E-state index contributed by atoms with van der Waals surface area (Å²) in [6, 6.07) is 3.70. The van der Waals surface area contributed by atoms with Crippen LogP contribution in [0.5, 0.6) is 0 Å². The van der Waals surface area contributed by atoms with Gasteiger partial charge in [0.1, 0.15) is 11.6 Å². The normalized spacial score (nSPS) is 17.1. The first-order chi connectivity index (χ1) is 13.1. The number of aryl methyl sites for hydroxylation is 2. The van der Waals surface area contributed by atoms with E-state index in [4.69, 9.17) is 4.52 Å². The Kier molecular flexibility index (Phi) is 6.45. The van der Waals surface area contributed by atoms with Crippen molar-refractivity contribution >= 4 is 11.7 Å². The van der Waals surface area contributed by atoms with Gasteiger partial charge in [-0.15, -0.1) is 0 Å². The minimum atomic E-state index is -0.111. The minimum Gasteiger partial charge on any atom is -0.396 e. The van der Waals surface area contributed by atoms with Gasteiger partial charge in [-0.3, -0.25) is 4.79 Å². The lowest BCUT2D eigenvalue weighted by Gasteiger charge is -2.32. The maximum absolute atomic E-state index is 12.3. The van der Waals surface area contributed by atoms with Crippen LogP contribution < -0.4 is 10.2 Å². The fourth-order valence-electron chi connectivity index (χ4n) is 3.56. The number of nitrogens with one attached hydrogen (secondary N) is 1. The predicted octanol–water partition coefficient (Wildman–Crippen LogP) is 2.26. The topological polar surface area (TPSA) is 91.5 Å². The Bertz CT molecular complexity index is 738. The first kappa shape index (κ1) is 19.4. The van der Waals surface area contributed by atoms with Crippen molar-refractivity contribution in [1.82, 2.24) is 15.5 Å². The van der Waals surface area contributed by atoms with E-state index in [-0.39, 0.29) is 12.5 Å². The molecule has 7 nitrogen and oxygen atoms in total. The number of anilines is 1. The lowest BCUT2D eigenvalue weighted by Crippen LogP contribution is -2.37. The zero-order valence-electron chi connectivity index (χ0n) is 16.1. The molecule has 1 amide bonds. The highest BCUT2D eigenvalue weighted by atomic mass is 16.5. The van der Waals surface area contributed by atoms with Crippen LogP contribution >= 0.6 is 0 Å². The number of carbonyl (C=O) groups excluding carboxylic acids is 1. The van der Waals surface area contributed by atoms with Crippen molar-refractivity contribution in [3.05, 3.63) is 40.9 Å². The second-order valence-electron chi connectivity index (χ2n) is 7.20.